The Kier molecular flexibility index (Phi) is 4.21. The van der Waals surface area contributed by atoms with Gasteiger partial charge in [-0.2, -0.15) is 5.10 Å². The topological polar surface area (TPSA) is 48.6 Å². The largest absolute Gasteiger partial charge is 0.494 e. The molecule has 0 bridgehead atoms. The molecule has 0 saturated carbocycles. The van der Waals surface area contributed by atoms with Crippen LogP contribution in [0.4, 0.5) is 0 Å². The third kappa shape index (κ3) is 3.40. The second-order valence-electron chi connectivity index (χ2n) is 5.87. The van der Waals surface area contributed by atoms with Gasteiger partial charge in [0, 0.05) is 29.1 Å². The molecule has 5 nitrogen and oxygen atoms in total. The van der Waals surface area contributed by atoms with Crippen molar-refractivity contribution in [2.45, 2.75) is 19.7 Å². The Balaban J connectivity index is 1.50. The summed E-state index contributed by atoms with van der Waals surface area (Å²) in [5.74, 6) is 0.885. The number of nitrogens with zero attached hydrogens (tertiary/aromatic N) is 3. The molecule has 0 fully saturated rings. The van der Waals surface area contributed by atoms with Crippen LogP contribution in [0.3, 0.4) is 0 Å². The lowest BCUT2D eigenvalue weighted by Gasteiger charge is -2.20. The zero-order valence-corrected chi connectivity index (χ0v) is 14.0. The van der Waals surface area contributed by atoms with E-state index in [-0.39, 0.29) is 6.23 Å². The van der Waals surface area contributed by atoms with Crippen molar-refractivity contribution >= 4 is 11.8 Å². The highest BCUT2D eigenvalue weighted by molar-refractivity contribution is 5.79. The molecule has 2 aliphatic heterocycles. The molecule has 0 spiro atoms. The summed E-state index contributed by atoms with van der Waals surface area (Å²) >= 11 is 0. The second-order valence-corrected chi connectivity index (χ2v) is 5.87. The van der Waals surface area contributed by atoms with Gasteiger partial charge < -0.3 is 9.47 Å². The summed E-state index contributed by atoms with van der Waals surface area (Å²) in [7, 11) is 0. The van der Waals surface area contributed by atoms with Gasteiger partial charge in [-0.1, -0.05) is 18.2 Å². The summed E-state index contributed by atoms with van der Waals surface area (Å²) in [5.41, 5.74) is 4.23. The number of hydrogen-bond donors (Lipinski definition) is 0. The van der Waals surface area contributed by atoms with E-state index in [4.69, 9.17) is 9.47 Å². The van der Waals surface area contributed by atoms with E-state index in [1.165, 1.54) is 0 Å². The Hall–Kier alpha value is -3.08. The third-order valence-electron chi connectivity index (χ3n) is 4.05. The zero-order chi connectivity index (χ0) is 17.1. The maximum atomic E-state index is 5.69. The predicted octanol–water partition coefficient (Wildman–Crippen LogP) is 3.59. The minimum absolute atomic E-state index is 0.217. The molecule has 1 atom stereocenters. The number of benzene rings is 1. The van der Waals surface area contributed by atoms with E-state index >= 15 is 0 Å². The Morgan fingerprint density at radius 2 is 2.28 bits per heavy atom. The first-order valence-electron chi connectivity index (χ1n) is 8.33. The third-order valence-corrected chi connectivity index (χ3v) is 4.05. The maximum absolute atomic E-state index is 5.69. The molecule has 0 radical (unpaired) electrons. The van der Waals surface area contributed by atoms with Crippen LogP contribution in [0.25, 0.3) is 5.57 Å². The van der Waals surface area contributed by atoms with Crippen molar-refractivity contribution in [1.82, 2.24) is 9.78 Å². The van der Waals surface area contributed by atoms with Crippen LogP contribution in [-0.2, 0) is 11.3 Å². The Morgan fingerprint density at radius 3 is 3.20 bits per heavy atom. The van der Waals surface area contributed by atoms with Crippen molar-refractivity contribution in [2.24, 2.45) is 4.99 Å². The van der Waals surface area contributed by atoms with Crippen LogP contribution in [0.15, 0.2) is 71.7 Å². The molecule has 1 unspecified atom stereocenters. The fourth-order valence-electron chi connectivity index (χ4n) is 2.87. The van der Waals surface area contributed by atoms with E-state index < -0.39 is 0 Å². The van der Waals surface area contributed by atoms with Gasteiger partial charge in [-0.15, -0.1) is 0 Å². The lowest BCUT2D eigenvalue weighted by atomic mass is 10.0. The molecule has 0 N–H and O–H groups in total. The summed E-state index contributed by atoms with van der Waals surface area (Å²) in [6, 6.07) is 8.09. The summed E-state index contributed by atoms with van der Waals surface area (Å²) in [5, 5.41) is 4.47. The number of fused-ring (bicyclic) bond motifs is 1. The van der Waals surface area contributed by atoms with E-state index in [9.17, 15) is 0 Å². The molecule has 5 heteroatoms. The molecule has 25 heavy (non-hydrogen) atoms. The fourth-order valence-corrected chi connectivity index (χ4v) is 2.87. The van der Waals surface area contributed by atoms with Crippen molar-refractivity contribution in [3.8, 4) is 5.75 Å². The molecule has 2 aromatic rings. The zero-order valence-electron chi connectivity index (χ0n) is 14.0. The molecule has 4 rings (SSSR count). The predicted molar refractivity (Wildman–Crippen MR) is 97.5 cm³/mol. The summed E-state index contributed by atoms with van der Waals surface area (Å²) in [6.45, 7) is 3.34. The van der Waals surface area contributed by atoms with E-state index in [2.05, 4.69) is 22.2 Å². The van der Waals surface area contributed by atoms with Crippen molar-refractivity contribution in [3.63, 3.8) is 0 Å². The van der Waals surface area contributed by atoms with E-state index in [1.54, 1.807) is 12.5 Å². The van der Waals surface area contributed by atoms with Crippen molar-refractivity contribution in [2.75, 3.05) is 6.61 Å². The van der Waals surface area contributed by atoms with Gasteiger partial charge >= 0.3 is 0 Å². The molecule has 1 aromatic carbocycles. The lowest BCUT2D eigenvalue weighted by molar-refractivity contribution is 0.186. The molecule has 0 amide bonds. The highest BCUT2D eigenvalue weighted by Crippen LogP contribution is 2.27. The SMILES string of the molecule is CCOc1cccc(Cn2cc(C3=COC4N=CC=CC4=C3)cn2)c1. The Labute approximate surface area is 146 Å². The molecular formula is C20H19N3O2. The van der Waals surface area contributed by atoms with E-state index in [1.807, 2.05) is 54.4 Å². The minimum atomic E-state index is -0.217. The highest BCUT2D eigenvalue weighted by atomic mass is 16.5. The summed E-state index contributed by atoms with van der Waals surface area (Å²) < 4.78 is 13.2. The molecule has 126 valence electrons. The first-order chi connectivity index (χ1) is 12.3. The standard InChI is InChI=1S/C20H19N3O2/c1-2-24-19-7-3-5-15(9-19)12-23-13-18(11-22-23)17-10-16-6-4-8-21-20(16)25-14-17/h3-11,13-14,20H,2,12H2,1H3. The summed E-state index contributed by atoms with van der Waals surface area (Å²) in [4.78, 5) is 4.28. The first kappa shape index (κ1) is 15.4. The number of aromatic nitrogens is 2. The molecule has 0 aliphatic carbocycles. The van der Waals surface area contributed by atoms with E-state index in [0.717, 1.165) is 28.0 Å². The number of dihydropyridines is 1. The maximum Gasteiger partial charge on any atom is 0.214 e. The lowest BCUT2D eigenvalue weighted by Crippen LogP contribution is -2.15. The van der Waals surface area contributed by atoms with Crippen LogP contribution in [0.5, 0.6) is 5.75 Å². The summed E-state index contributed by atoms with van der Waals surface area (Å²) in [6.07, 6.45) is 13.2. The van der Waals surface area contributed by atoms with Gasteiger partial charge in [0.1, 0.15) is 5.75 Å². The molecule has 1 aromatic heterocycles. The van der Waals surface area contributed by atoms with Crippen LogP contribution in [0, 0.1) is 0 Å². The van der Waals surface area contributed by atoms with Gasteiger partial charge in [0.25, 0.3) is 0 Å². The van der Waals surface area contributed by atoms with Crippen LogP contribution in [-0.4, -0.2) is 28.8 Å². The Morgan fingerprint density at radius 1 is 1.32 bits per heavy atom. The number of hydrogen-bond acceptors (Lipinski definition) is 4. The smallest absolute Gasteiger partial charge is 0.214 e. The van der Waals surface area contributed by atoms with E-state index in [0.29, 0.717) is 13.2 Å². The van der Waals surface area contributed by atoms with Gasteiger partial charge in [0.2, 0.25) is 6.23 Å². The number of rotatable bonds is 5. The van der Waals surface area contributed by atoms with Crippen LogP contribution >= 0.6 is 0 Å². The number of ether oxygens (including phenoxy) is 2. The van der Waals surface area contributed by atoms with Crippen molar-refractivity contribution in [3.05, 3.63) is 77.8 Å². The normalized spacial score (nSPS) is 18.2. The molecular weight excluding hydrogens is 314 g/mol. The highest BCUT2D eigenvalue weighted by Gasteiger charge is 2.18. The van der Waals surface area contributed by atoms with Gasteiger partial charge in [0.15, 0.2) is 0 Å². The monoisotopic (exact) mass is 333 g/mol. The first-order valence-corrected chi connectivity index (χ1v) is 8.33. The van der Waals surface area contributed by atoms with Crippen LogP contribution in [0.2, 0.25) is 0 Å². The van der Waals surface area contributed by atoms with Crippen LogP contribution < -0.4 is 4.74 Å². The van der Waals surface area contributed by atoms with Crippen LogP contribution in [0.1, 0.15) is 18.1 Å². The molecule has 3 heterocycles. The van der Waals surface area contributed by atoms with Gasteiger partial charge in [-0.05, 0) is 36.8 Å². The molecule has 0 saturated heterocycles. The number of allylic oxidation sites excluding steroid dienone is 3. The average molecular weight is 333 g/mol. The quantitative estimate of drug-likeness (QED) is 0.840. The van der Waals surface area contributed by atoms with Gasteiger partial charge in [-0.3, -0.25) is 4.68 Å². The minimum Gasteiger partial charge on any atom is -0.494 e. The number of aliphatic imine (C=N–C) groups is 1. The average Bonchev–Trinajstić information content (AvgIpc) is 3.10. The van der Waals surface area contributed by atoms with Crippen molar-refractivity contribution < 1.29 is 9.47 Å². The van der Waals surface area contributed by atoms with Gasteiger partial charge in [0.05, 0.1) is 25.6 Å². The fraction of sp³-hybridized carbons (Fsp3) is 0.200. The molecule has 2 aliphatic rings. The second kappa shape index (κ2) is 6.81. The Bertz CT molecular complexity index is 890. The van der Waals surface area contributed by atoms with Crippen molar-refractivity contribution in [1.29, 1.82) is 0 Å². The van der Waals surface area contributed by atoms with Gasteiger partial charge in [-0.25, -0.2) is 4.99 Å².